The molecular formula is C14H16O5. The molecule has 0 bridgehead atoms. The van der Waals surface area contributed by atoms with Gasteiger partial charge in [-0.15, -0.1) is 0 Å². The summed E-state index contributed by atoms with van der Waals surface area (Å²) in [5.41, 5.74) is 1.37. The lowest BCUT2D eigenvalue weighted by Crippen LogP contribution is -2.02. The van der Waals surface area contributed by atoms with Crippen molar-refractivity contribution in [1.82, 2.24) is 0 Å². The Bertz CT molecular complexity index is 491. The van der Waals surface area contributed by atoms with Crippen molar-refractivity contribution in [2.24, 2.45) is 0 Å². The minimum absolute atomic E-state index is 0.0104. The Morgan fingerprint density at radius 2 is 2.05 bits per heavy atom. The second kappa shape index (κ2) is 7.20. The highest BCUT2D eigenvalue weighted by Crippen LogP contribution is 2.25. The maximum atomic E-state index is 10.6. The number of ether oxygens (including phenoxy) is 1. The molecular weight excluding hydrogens is 248 g/mol. The minimum Gasteiger partial charge on any atom is -0.493 e. The Morgan fingerprint density at radius 1 is 1.32 bits per heavy atom. The highest BCUT2D eigenvalue weighted by Gasteiger charge is 2.09. The molecule has 0 saturated heterocycles. The van der Waals surface area contributed by atoms with E-state index in [-0.39, 0.29) is 6.42 Å². The van der Waals surface area contributed by atoms with Crippen LogP contribution in [0.2, 0.25) is 0 Å². The SMILES string of the molecule is CCOc1cccc(CCC(=O)O)c1/C=C/C(=O)O. The van der Waals surface area contributed by atoms with Gasteiger partial charge in [-0.2, -0.15) is 0 Å². The molecule has 0 atom stereocenters. The number of carboxylic acid groups (broad SMARTS) is 2. The predicted octanol–water partition coefficient (Wildman–Crippen LogP) is 2.20. The molecule has 0 radical (unpaired) electrons. The van der Waals surface area contributed by atoms with Gasteiger partial charge < -0.3 is 14.9 Å². The summed E-state index contributed by atoms with van der Waals surface area (Å²) in [6.45, 7) is 2.28. The van der Waals surface area contributed by atoms with E-state index in [9.17, 15) is 9.59 Å². The second-order valence-corrected chi connectivity index (χ2v) is 3.83. The van der Waals surface area contributed by atoms with Crippen LogP contribution < -0.4 is 4.74 Å². The number of hydrogen-bond acceptors (Lipinski definition) is 3. The molecule has 0 aliphatic heterocycles. The predicted molar refractivity (Wildman–Crippen MR) is 70.2 cm³/mol. The molecule has 0 aliphatic rings. The zero-order chi connectivity index (χ0) is 14.3. The van der Waals surface area contributed by atoms with Crippen LogP contribution in [0.5, 0.6) is 5.75 Å². The summed E-state index contributed by atoms with van der Waals surface area (Å²) in [6.07, 6.45) is 2.77. The summed E-state index contributed by atoms with van der Waals surface area (Å²) in [5.74, 6) is -1.40. The molecule has 0 unspecified atom stereocenters. The third kappa shape index (κ3) is 4.83. The van der Waals surface area contributed by atoms with Crippen molar-refractivity contribution in [2.45, 2.75) is 19.8 Å². The lowest BCUT2D eigenvalue weighted by atomic mass is 10.0. The zero-order valence-electron chi connectivity index (χ0n) is 10.6. The first-order chi connectivity index (χ1) is 9.04. The van der Waals surface area contributed by atoms with E-state index in [1.165, 1.54) is 6.08 Å². The highest BCUT2D eigenvalue weighted by molar-refractivity contribution is 5.86. The number of benzene rings is 1. The van der Waals surface area contributed by atoms with E-state index in [0.717, 1.165) is 11.6 Å². The van der Waals surface area contributed by atoms with Crippen LogP contribution >= 0.6 is 0 Å². The van der Waals surface area contributed by atoms with Crippen LogP contribution in [0.1, 0.15) is 24.5 Å². The number of aryl methyl sites for hydroxylation is 1. The van der Waals surface area contributed by atoms with Crippen LogP contribution in [0, 0.1) is 0 Å². The van der Waals surface area contributed by atoms with Gasteiger partial charge in [0.1, 0.15) is 5.75 Å². The Hall–Kier alpha value is -2.30. The number of aliphatic carboxylic acids is 2. The van der Waals surface area contributed by atoms with Crippen molar-refractivity contribution < 1.29 is 24.5 Å². The number of rotatable bonds is 7. The molecule has 5 nitrogen and oxygen atoms in total. The molecule has 2 N–H and O–H groups in total. The van der Waals surface area contributed by atoms with Gasteiger partial charge in [0.25, 0.3) is 0 Å². The van der Waals surface area contributed by atoms with Gasteiger partial charge in [0, 0.05) is 18.1 Å². The first kappa shape index (κ1) is 14.8. The van der Waals surface area contributed by atoms with Gasteiger partial charge in [0.15, 0.2) is 0 Å². The molecule has 0 aliphatic carbocycles. The molecule has 0 fully saturated rings. The van der Waals surface area contributed by atoms with E-state index in [1.807, 2.05) is 6.92 Å². The third-order valence-corrected chi connectivity index (χ3v) is 2.46. The standard InChI is InChI=1S/C14H16O5/c1-2-19-12-5-3-4-10(6-8-13(15)16)11(12)7-9-14(17)18/h3-5,7,9H,2,6,8H2,1H3,(H,15,16)(H,17,18)/b9-7+. The van der Waals surface area contributed by atoms with Crippen molar-refractivity contribution in [3.05, 3.63) is 35.4 Å². The fourth-order valence-electron chi connectivity index (χ4n) is 1.67. The zero-order valence-corrected chi connectivity index (χ0v) is 10.6. The Morgan fingerprint density at radius 3 is 2.63 bits per heavy atom. The summed E-state index contributed by atoms with van der Waals surface area (Å²) in [4.78, 5) is 21.2. The Kier molecular flexibility index (Phi) is 5.60. The summed E-state index contributed by atoms with van der Waals surface area (Å²) >= 11 is 0. The number of carboxylic acids is 2. The van der Waals surface area contributed by atoms with E-state index >= 15 is 0 Å². The van der Waals surface area contributed by atoms with Gasteiger partial charge in [-0.3, -0.25) is 4.79 Å². The fraction of sp³-hybridized carbons (Fsp3) is 0.286. The Balaban J connectivity index is 3.09. The first-order valence-corrected chi connectivity index (χ1v) is 5.92. The summed E-state index contributed by atoms with van der Waals surface area (Å²) in [7, 11) is 0. The Labute approximate surface area is 111 Å². The lowest BCUT2D eigenvalue weighted by molar-refractivity contribution is -0.137. The number of carbonyl (C=O) groups is 2. The van der Waals surface area contributed by atoms with Gasteiger partial charge in [0.05, 0.1) is 6.61 Å². The van der Waals surface area contributed by atoms with Crippen LogP contribution in [-0.4, -0.2) is 28.8 Å². The average molecular weight is 264 g/mol. The van der Waals surface area contributed by atoms with E-state index in [1.54, 1.807) is 18.2 Å². The molecule has 1 aromatic carbocycles. The molecule has 1 aromatic rings. The van der Waals surface area contributed by atoms with Crippen molar-refractivity contribution in [3.63, 3.8) is 0 Å². The highest BCUT2D eigenvalue weighted by atomic mass is 16.5. The molecule has 0 saturated carbocycles. The molecule has 102 valence electrons. The molecule has 0 aromatic heterocycles. The normalized spacial score (nSPS) is 10.6. The number of hydrogen-bond donors (Lipinski definition) is 2. The van der Waals surface area contributed by atoms with E-state index in [0.29, 0.717) is 24.3 Å². The molecule has 19 heavy (non-hydrogen) atoms. The van der Waals surface area contributed by atoms with E-state index in [2.05, 4.69) is 0 Å². The van der Waals surface area contributed by atoms with Crippen LogP contribution in [0.15, 0.2) is 24.3 Å². The van der Waals surface area contributed by atoms with Gasteiger partial charge in [-0.25, -0.2) is 4.79 Å². The van der Waals surface area contributed by atoms with Gasteiger partial charge in [-0.05, 0) is 31.1 Å². The molecule has 5 heteroatoms. The van der Waals surface area contributed by atoms with Crippen molar-refractivity contribution in [1.29, 1.82) is 0 Å². The maximum absolute atomic E-state index is 10.6. The summed E-state index contributed by atoms with van der Waals surface area (Å²) in [5, 5.41) is 17.4. The van der Waals surface area contributed by atoms with Crippen LogP contribution in [-0.2, 0) is 16.0 Å². The van der Waals surface area contributed by atoms with Crippen LogP contribution in [0.25, 0.3) is 6.08 Å². The topological polar surface area (TPSA) is 83.8 Å². The van der Waals surface area contributed by atoms with E-state index in [4.69, 9.17) is 14.9 Å². The fourth-order valence-corrected chi connectivity index (χ4v) is 1.67. The lowest BCUT2D eigenvalue weighted by Gasteiger charge is -2.11. The molecule has 0 heterocycles. The van der Waals surface area contributed by atoms with E-state index < -0.39 is 11.9 Å². The minimum atomic E-state index is -1.06. The quantitative estimate of drug-likeness (QED) is 0.737. The van der Waals surface area contributed by atoms with Crippen molar-refractivity contribution in [2.75, 3.05) is 6.61 Å². The van der Waals surface area contributed by atoms with Gasteiger partial charge in [-0.1, -0.05) is 12.1 Å². The molecule has 0 spiro atoms. The largest absolute Gasteiger partial charge is 0.493 e. The van der Waals surface area contributed by atoms with Crippen LogP contribution in [0.3, 0.4) is 0 Å². The third-order valence-electron chi connectivity index (χ3n) is 2.46. The molecule has 1 rings (SSSR count). The average Bonchev–Trinajstić information content (AvgIpc) is 2.35. The maximum Gasteiger partial charge on any atom is 0.328 e. The smallest absolute Gasteiger partial charge is 0.328 e. The monoisotopic (exact) mass is 264 g/mol. The summed E-state index contributed by atoms with van der Waals surface area (Å²) < 4.78 is 5.43. The van der Waals surface area contributed by atoms with Gasteiger partial charge in [0.2, 0.25) is 0 Å². The summed E-state index contributed by atoms with van der Waals surface area (Å²) in [6, 6.07) is 5.27. The van der Waals surface area contributed by atoms with Crippen LogP contribution in [0.4, 0.5) is 0 Å². The molecule has 0 amide bonds. The van der Waals surface area contributed by atoms with Crippen molar-refractivity contribution in [3.8, 4) is 5.75 Å². The second-order valence-electron chi connectivity index (χ2n) is 3.83. The van der Waals surface area contributed by atoms with Crippen molar-refractivity contribution >= 4 is 18.0 Å². The van der Waals surface area contributed by atoms with Gasteiger partial charge >= 0.3 is 11.9 Å². The first-order valence-electron chi connectivity index (χ1n) is 5.92.